The normalized spacial score (nSPS) is 19.1. The van der Waals surface area contributed by atoms with E-state index in [1.54, 1.807) is 18.2 Å². The first-order valence-electron chi connectivity index (χ1n) is 8.07. The summed E-state index contributed by atoms with van der Waals surface area (Å²) in [4.78, 5) is 3.81. The number of ether oxygens (including phenoxy) is 1. The Bertz CT molecular complexity index is 1000. The fraction of sp³-hybridized carbons (Fsp3) is 0.150. The number of alkyl halides is 2. The van der Waals surface area contributed by atoms with Crippen LogP contribution in [0.5, 0.6) is 5.75 Å². The molecule has 2 aromatic carbocycles. The van der Waals surface area contributed by atoms with E-state index in [2.05, 4.69) is 4.98 Å². The Labute approximate surface area is 151 Å². The number of halogens is 4. The monoisotopic (exact) mass is 375 g/mol. The van der Waals surface area contributed by atoms with E-state index in [0.717, 1.165) is 18.2 Å². The zero-order valence-corrected chi connectivity index (χ0v) is 13.8. The van der Waals surface area contributed by atoms with E-state index in [1.165, 1.54) is 18.3 Å². The first-order chi connectivity index (χ1) is 12.8. The van der Waals surface area contributed by atoms with Gasteiger partial charge in [-0.2, -0.15) is 8.78 Å². The third-order valence-electron chi connectivity index (χ3n) is 4.61. The van der Waals surface area contributed by atoms with E-state index < -0.39 is 41.0 Å². The number of hydrogen-bond donors (Lipinski definition) is 1. The van der Waals surface area contributed by atoms with Crippen molar-refractivity contribution in [3.63, 3.8) is 0 Å². The average molecular weight is 375 g/mol. The Hall–Kier alpha value is -2.93. The predicted molar refractivity (Wildman–Crippen MR) is 89.2 cm³/mol. The minimum absolute atomic E-state index is 0.00538. The van der Waals surface area contributed by atoms with Crippen molar-refractivity contribution in [3.8, 4) is 16.9 Å². The lowest BCUT2D eigenvalue weighted by molar-refractivity contribution is -0.0901. The molecular formula is C20H13F4NO2. The minimum atomic E-state index is -3.64. The lowest BCUT2D eigenvalue weighted by atomic mass is 9.90. The molecule has 2 heterocycles. The number of benzene rings is 2. The molecule has 1 aromatic heterocycles. The molecule has 1 fully saturated rings. The lowest BCUT2D eigenvalue weighted by Gasteiger charge is -2.24. The number of para-hydroxylation sites is 1. The first-order valence-corrected chi connectivity index (χ1v) is 8.07. The van der Waals surface area contributed by atoms with Crippen LogP contribution < -0.4 is 0 Å². The summed E-state index contributed by atoms with van der Waals surface area (Å²) >= 11 is 0. The number of aromatic nitrogens is 1. The highest BCUT2D eigenvalue weighted by atomic mass is 19.3. The van der Waals surface area contributed by atoms with E-state index in [4.69, 9.17) is 4.74 Å². The van der Waals surface area contributed by atoms with Gasteiger partial charge in [-0.25, -0.2) is 8.78 Å². The highest BCUT2D eigenvalue weighted by Gasteiger charge is 2.68. The molecule has 1 aliphatic rings. The van der Waals surface area contributed by atoms with E-state index in [9.17, 15) is 13.9 Å². The summed E-state index contributed by atoms with van der Waals surface area (Å²) < 4.78 is 62.3. The van der Waals surface area contributed by atoms with Crippen molar-refractivity contribution in [2.45, 2.75) is 11.5 Å². The maximum Gasteiger partial charge on any atom is 0.324 e. The molecule has 1 aliphatic heterocycles. The Morgan fingerprint density at radius 3 is 2.37 bits per heavy atom. The molecule has 0 amide bonds. The Kier molecular flexibility index (Phi) is 3.92. The van der Waals surface area contributed by atoms with Crippen LogP contribution in [0.1, 0.15) is 11.3 Å². The second-order valence-corrected chi connectivity index (χ2v) is 6.26. The molecule has 138 valence electrons. The molecule has 1 N–H and O–H groups in total. The molecule has 3 nitrogen and oxygen atoms in total. The van der Waals surface area contributed by atoms with Gasteiger partial charge < -0.3 is 9.84 Å². The summed E-state index contributed by atoms with van der Waals surface area (Å²) in [7, 11) is 0. The number of phenolic OH excluding ortho intramolecular Hbond substituents is 1. The van der Waals surface area contributed by atoms with Crippen LogP contribution >= 0.6 is 0 Å². The number of aromatic hydroxyl groups is 1. The Morgan fingerprint density at radius 2 is 1.78 bits per heavy atom. The van der Waals surface area contributed by atoms with Gasteiger partial charge in [0.05, 0.1) is 6.61 Å². The van der Waals surface area contributed by atoms with Gasteiger partial charge >= 0.3 is 5.92 Å². The van der Waals surface area contributed by atoms with E-state index in [1.807, 2.05) is 0 Å². The number of pyridine rings is 1. The predicted octanol–water partition coefficient (Wildman–Crippen LogP) is 4.75. The van der Waals surface area contributed by atoms with Gasteiger partial charge in [-0.1, -0.05) is 24.3 Å². The van der Waals surface area contributed by atoms with Crippen LogP contribution in [0.15, 0.2) is 60.8 Å². The van der Waals surface area contributed by atoms with E-state index in [0.29, 0.717) is 17.2 Å². The van der Waals surface area contributed by atoms with Crippen molar-refractivity contribution in [2.75, 3.05) is 6.61 Å². The maximum absolute atomic E-state index is 15.1. The van der Waals surface area contributed by atoms with Crippen LogP contribution in [0.4, 0.5) is 17.6 Å². The van der Waals surface area contributed by atoms with Crippen molar-refractivity contribution in [2.24, 2.45) is 0 Å². The largest absolute Gasteiger partial charge is 0.507 e. The molecule has 0 radical (unpaired) electrons. The van der Waals surface area contributed by atoms with Crippen LogP contribution in [0, 0.1) is 11.6 Å². The molecule has 7 heteroatoms. The molecular weight excluding hydrogens is 362 g/mol. The Balaban J connectivity index is 1.71. The summed E-state index contributed by atoms with van der Waals surface area (Å²) in [6.45, 7) is -0.411. The number of epoxide rings is 1. The summed E-state index contributed by atoms with van der Waals surface area (Å²) in [5.74, 6) is -5.60. The summed E-state index contributed by atoms with van der Waals surface area (Å²) in [5, 5.41) is 9.87. The molecule has 1 atom stereocenters. The topological polar surface area (TPSA) is 45.6 Å². The van der Waals surface area contributed by atoms with Crippen LogP contribution in [-0.2, 0) is 16.3 Å². The number of phenols is 1. The van der Waals surface area contributed by atoms with Crippen molar-refractivity contribution >= 4 is 0 Å². The molecule has 4 rings (SSSR count). The third-order valence-corrected chi connectivity index (χ3v) is 4.61. The zero-order valence-electron chi connectivity index (χ0n) is 13.8. The van der Waals surface area contributed by atoms with E-state index >= 15 is 8.78 Å². The average Bonchev–Trinajstić information content (AvgIpc) is 3.44. The smallest absolute Gasteiger partial charge is 0.324 e. The fourth-order valence-corrected chi connectivity index (χ4v) is 3.06. The van der Waals surface area contributed by atoms with Gasteiger partial charge in [0.15, 0.2) is 5.60 Å². The van der Waals surface area contributed by atoms with E-state index in [-0.39, 0.29) is 5.75 Å². The molecule has 1 unspecified atom stereocenters. The standard InChI is InChI=1S/C20H13F4NO2/c21-13-6-7-15(16(22)9-13)19(11-27-19)20(23,24)18-8-5-12(10-25-18)14-3-1-2-4-17(14)26/h1-10,26H,11H2. The lowest BCUT2D eigenvalue weighted by Crippen LogP contribution is -2.34. The minimum Gasteiger partial charge on any atom is -0.507 e. The van der Waals surface area contributed by atoms with Gasteiger partial charge in [-0.15, -0.1) is 0 Å². The number of rotatable bonds is 4. The molecule has 3 aromatic rings. The van der Waals surface area contributed by atoms with Crippen LogP contribution in [0.2, 0.25) is 0 Å². The molecule has 0 aliphatic carbocycles. The van der Waals surface area contributed by atoms with Gasteiger partial charge in [0, 0.05) is 29.0 Å². The zero-order chi connectivity index (χ0) is 19.2. The highest BCUT2D eigenvalue weighted by molar-refractivity contribution is 5.69. The first kappa shape index (κ1) is 17.5. The quantitative estimate of drug-likeness (QED) is 0.529. The summed E-state index contributed by atoms with van der Waals surface area (Å²) in [5.41, 5.74) is -2.34. The molecule has 0 bridgehead atoms. The number of nitrogens with zero attached hydrogens (tertiary/aromatic N) is 1. The maximum atomic E-state index is 15.1. The van der Waals surface area contributed by atoms with Crippen molar-refractivity contribution in [1.82, 2.24) is 4.98 Å². The van der Waals surface area contributed by atoms with Gasteiger partial charge in [-0.3, -0.25) is 4.98 Å². The second kappa shape index (κ2) is 6.06. The van der Waals surface area contributed by atoms with Crippen LogP contribution in [-0.4, -0.2) is 16.7 Å². The Morgan fingerprint density at radius 1 is 1.04 bits per heavy atom. The molecule has 1 saturated heterocycles. The second-order valence-electron chi connectivity index (χ2n) is 6.26. The van der Waals surface area contributed by atoms with Crippen molar-refractivity contribution in [1.29, 1.82) is 0 Å². The van der Waals surface area contributed by atoms with Crippen LogP contribution in [0.25, 0.3) is 11.1 Å². The van der Waals surface area contributed by atoms with Gasteiger partial charge in [0.2, 0.25) is 0 Å². The summed E-state index contributed by atoms with van der Waals surface area (Å²) in [6.07, 6.45) is 1.20. The highest BCUT2D eigenvalue weighted by Crippen LogP contribution is 2.56. The molecule has 27 heavy (non-hydrogen) atoms. The van der Waals surface area contributed by atoms with Gasteiger partial charge in [0.25, 0.3) is 0 Å². The fourth-order valence-electron chi connectivity index (χ4n) is 3.06. The number of hydrogen-bond acceptors (Lipinski definition) is 3. The van der Waals surface area contributed by atoms with Crippen molar-refractivity contribution < 1.29 is 27.4 Å². The van der Waals surface area contributed by atoms with Crippen LogP contribution in [0.3, 0.4) is 0 Å². The van der Waals surface area contributed by atoms with Gasteiger partial charge in [-0.05, 0) is 24.3 Å². The SMILES string of the molecule is Oc1ccccc1-c1ccc(C(F)(F)C2(c3ccc(F)cc3F)CO2)nc1. The third kappa shape index (κ3) is 2.75. The molecule has 0 saturated carbocycles. The molecule has 0 spiro atoms. The van der Waals surface area contributed by atoms with Crippen molar-refractivity contribution in [3.05, 3.63) is 83.7 Å². The summed E-state index contributed by atoms with van der Waals surface area (Å²) in [6, 6.07) is 11.3. The van der Waals surface area contributed by atoms with Gasteiger partial charge in [0.1, 0.15) is 23.1 Å².